The highest BCUT2D eigenvalue weighted by atomic mass is 35.5. The number of halogens is 4. The lowest BCUT2D eigenvalue weighted by molar-refractivity contribution is 0.588. The smallest absolute Gasteiger partial charge is 0.263 e. The largest absolute Gasteiger partial charge is 0.368 e. The molecule has 0 bridgehead atoms. The van der Waals surface area contributed by atoms with Crippen LogP contribution in [0.4, 0.5) is 20.4 Å². The molecule has 6 nitrogen and oxygen atoms in total. The minimum atomic E-state index is -4.30. The molecule has 0 unspecified atom stereocenters. The number of aromatic nitrogens is 2. The van der Waals surface area contributed by atoms with Crippen LogP contribution in [0.25, 0.3) is 22.0 Å². The van der Waals surface area contributed by atoms with Crippen LogP contribution < -0.4 is 10.5 Å². The minimum Gasteiger partial charge on any atom is -0.368 e. The number of anilines is 2. The van der Waals surface area contributed by atoms with Crippen LogP contribution in [-0.4, -0.2) is 18.4 Å². The Kier molecular flexibility index (Phi) is 5.42. The number of nitrogens with zero attached hydrogens (tertiary/aromatic N) is 2. The van der Waals surface area contributed by atoms with Crippen molar-refractivity contribution in [3.05, 3.63) is 76.4 Å². The summed E-state index contributed by atoms with van der Waals surface area (Å²) in [6.45, 7) is 0. The second-order valence-electron chi connectivity index (χ2n) is 6.47. The van der Waals surface area contributed by atoms with Crippen LogP contribution in [0.2, 0.25) is 10.0 Å². The molecule has 0 aliphatic carbocycles. The lowest BCUT2D eigenvalue weighted by atomic mass is 10.0. The van der Waals surface area contributed by atoms with Gasteiger partial charge in [0.25, 0.3) is 10.0 Å². The summed E-state index contributed by atoms with van der Waals surface area (Å²) in [6.07, 6.45) is 1.42. The lowest BCUT2D eigenvalue weighted by Gasteiger charge is -2.14. The molecule has 158 valence electrons. The summed E-state index contributed by atoms with van der Waals surface area (Å²) < 4.78 is 57.3. The predicted octanol–water partition coefficient (Wildman–Crippen LogP) is 5.26. The van der Waals surface area contributed by atoms with Crippen LogP contribution in [0.1, 0.15) is 0 Å². The van der Waals surface area contributed by atoms with Gasteiger partial charge in [-0.1, -0.05) is 29.3 Å². The van der Waals surface area contributed by atoms with Crippen molar-refractivity contribution in [2.24, 2.45) is 0 Å². The molecule has 0 aliphatic heterocycles. The molecule has 0 atom stereocenters. The van der Waals surface area contributed by atoms with E-state index in [1.807, 2.05) is 0 Å². The van der Waals surface area contributed by atoms with Crippen LogP contribution in [-0.2, 0) is 10.0 Å². The van der Waals surface area contributed by atoms with Gasteiger partial charge in [0.1, 0.15) is 10.7 Å². The number of hydrogen-bond donors (Lipinski definition) is 2. The summed E-state index contributed by atoms with van der Waals surface area (Å²) in [6, 6.07) is 10.2. The van der Waals surface area contributed by atoms with Crippen molar-refractivity contribution >= 4 is 55.8 Å². The zero-order chi connectivity index (χ0) is 22.3. The van der Waals surface area contributed by atoms with Crippen molar-refractivity contribution in [3.8, 4) is 11.1 Å². The maximum absolute atomic E-state index is 15.2. The Balaban J connectivity index is 1.80. The monoisotopic (exact) mass is 480 g/mol. The fourth-order valence-corrected chi connectivity index (χ4v) is 4.81. The van der Waals surface area contributed by atoms with E-state index >= 15 is 4.39 Å². The lowest BCUT2D eigenvalue weighted by Crippen LogP contribution is -2.15. The van der Waals surface area contributed by atoms with Gasteiger partial charge >= 0.3 is 0 Å². The van der Waals surface area contributed by atoms with Crippen LogP contribution in [0.15, 0.2) is 59.6 Å². The number of hydrogen-bond acceptors (Lipinski definition) is 5. The average Bonchev–Trinajstić information content (AvgIpc) is 2.72. The maximum atomic E-state index is 15.2. The summed E-state index contributed by atoms with van der Waals surface area (Å²) in [7, 11) is -4.30. The van der Waals surface area contributed by atoms with Crippen molar-refractivity contribution in [3.63, 3.8) is 0 Å². The first-order valence-corrected chi connectivity index (χ1v) is 10.9. The van der Waals surface area contributed by atoms with Crippen LogP contribution in [0.3, 0.4) is 0 Å². The highest BCUT2D eigenvalue weighted by Gasteiger charge is 2.23. The van der Waals surface area contributed by atoms with Gasteiger partial charge in [0, 0.05) is 16.6 Å². The minimum absolute atomic E-state index is 0.0636. The molecule has 0 amide bonds. The van der Waals surface area contributed by atoms with E-state index in [0.29, 0.717) is 10.9 Å². The van der Waals surface area contributed by atoms with Gasteiger partial charge in [0.2, 0.25) is 5.95 Å². The summed E-state index contributed by atoms with van der Waals surface area (Å²) >= 11 is 11.8. The Bertz CT molecular complexity index is 1450. The number of benzene rings is 3. The second-order valence-corrected chi connectivity index (χ2v) is 8.96. The molecule has 3 aromatic carbocycles. The Morgan fingerprint density at radius 1 is 1.00 bits per heavy atom. The molecule has 0 spiro atoms. The molecule has 0 fully saturated rings. The Morgan fingerprint density at radius 3 is 2.55 bits per heavy atom. The van der Waals surface area contributed by atoms with Gasteiger partial charge in [0.05, 0.1) is 21.8 Å². The summed E-state index contributed by atoms with van der Waals surface area (Å²) in [5, 5.41) is 0.527. The Labute approximate surface area is 185 Å². The molecule has 1 aromatic heterocycles. The van der Waals surface area contributed by atoms with Crippen LogP contribution >= 0.6 is 23.2 Å². The Morgan fingerprint density at radius 2 is 1.77 bits per heavy atom. The van der Waals surface area contributed by atoms with E-state index in [1.54, 1.807) is 0 Å². The van der Waals surface area contributed by atoms with E-state index in [-0.39, 0.29) is 26.5 Å². The van der Waals surface area contributed by atoms with Crippen molar-refractivity contribution in [2.45, 2.75) is 4.90 Å². The summed E-state index contributed by atoms with van der Waals surface area (Å²) in [4.78, 5) is 7.56. The number of nitrogen functional groups attached to an aromatic ring is 1. The molecule has 31 heavy (non-hydrogen) atoms. The van der Waals surface area contributed by atoms with E-state index < -0.39 is 32.9 Å². The van der Waals surface area contributed by atoms with Crippen molar-refractivity contribution in [1.29, 1.82) is 0 Å². The van der Waals surface area contributed by atoms with Crippen molar-refractivity contribution < 1.29 is 17.2 Å². The zero-order valence-electron chi connectivity index (χ0n) is 15.4. The highest BCUT2D eigenvalue weighted by Crippen LogP contribution is 2.34. The molecule has 4 aromatic rings. The van der Waals surface area contributed by atoms with Crippen molar-refractivity contribution in [1.82, 2.24) is 9.97 Å². The van der Waals surface area contributed by atoms with E-state index in [0.717, 1.165) is 18.2 Å². The number of nitrogens with one attached hydrogen (secondary N) is 1. The summed E-state index contributed by atoms with van der Waals surface area (Å²) in [5.41, 5.74) is 5.32. The normalized spacial score (nSPS) is 11.6. The first-order valence-electron chi connectivity index (χ1n) is 8.64. The van der Waals surface area contributed by atoms with E-state index in [4.69, 9.17) is 28.9 Å². The van der Waals surface area contributed by atoms with Gasteiger partial charge in [-0.3, -0.25) is 4.72 Å². The molecule has 0 saturated carbocycles. The van der Waals surface area contributed by atoms with E-state index in [2.05, 4.69) is 14.7 Å². The SMILES string of the molecule is Nc1ncc2cc(-c3c(F)ccc(NS(=O)(=O)c4cc(Cl)ccc4Cl)c3F)ccc2n1. The molecule has 0 saturated heterocycles. The van der Waals surface area contributed by atoms with Gasteiger partial charge in [-0.05, 0) is 48.0 Å². The molecule has 0 radical (unpaired) electrons. The fourth-order valence-electron chi connectivity index (χ4n) is 2.98. The molecule has 3 N–H and O–H groups in total. The van der Waals surface area contributed by atoms with Gasteiger partial charge in [-0.25, -0.2) is 27.2 Å². The predicted molar refractivity (Wildman–Crippen MR) is 117 cm³/mol. The van der Waals surface area contributed by atoms with E-state index in [1.165, 1.54) is 36.5 Å². The number of fused-ring (bicyclic) bond motifs is 1. The second kappa shape index (κ2) is 7.92. The maximum Gasteiger partial charge on any atom is 0.263 e. The van der Waals surface area contributed by atoms with Gasteiger partial charge in [0.15, 0.2) is 5.82 Å². The first kappa shape index (κ1) is 21.2. The molecule has 4 rings (SSSR count). The molecular weight excluding hydrogens is 469 g/mol. The molecule has 1 heterocycles. The number of rotatable bonds is 4. The molecule has 0 aliphatic rings. The molecule has 11 heteroatoms. The Hall–Kier alpha value is -3.01. The third-order valence-corrected chi connectivity index (χ3v) is 6.49. The standard InChI is InChI=1S/C20H12Cl2F2N4O2S/c21-12-2-3-13(22)17(8-12)31(29,30)28-16-6-4-14(23)18(19(16)24)10-1-5-15-11(7-10)9-26-20(25)27-15/h1-9,28H,(H2,25,26,27). The van der Waals surface area contributed by atoms with E-state index in [9.17, 15) is 12.8 Å². The van der Waals surface area contributed by atoms with Gasteiger partial charge in [-0.2, -0.15) is 0 Å². The van der Waals surface area contributed by atoms with Gasteiger partial charge in [-0.15, -0.1) is 0 Å². The zero-order valence-corrected chi connectivity index (χ0v) is 17.7. The topological polar surface area (TPSA) is 98.0 Å². The van der Waals surface area contributed by atoms with Crippen LogP contribution in [0.5, 0.6) is 0 Å². The third kappa shape index (κ3) is 4.12. The first-order chi connectivity index (χ1) is 14.7. The summed E-state index contributed by atoms with van der Waals surface area (Å²) in [5.74, 6) is -1.91. The van der Waals surface area contributed by atoms with Crippen molar-refractivity contribution in [2.75, 3.05) is 10.5 Å². The molecular formula is C20H12Cl2F2N4O2S. The quantitative estimate of drug-likeness (QED) is 0.414. The number of nitrogens with two attached hydrogens (primary N) is 1. The van der Waals surface area contributed by atoms with Crippen LogP contribution in [0, 0.1) is 11.6 Å². The number of sulfonamides is 1. The highest BCUT2D eigenvalue weighted by molar-refractivity contribution is 7.92. The fraction of sp³-hybridized carbons (Fsp3) is 0. The van der Waals surface area contributed by atoms with Gasteiger partial charge < -0.3 is 5.73 Å². The average molecular weight is 481 g/mol. The third-order valence-electron chi connectivity index (χ3n) is 4.41.